The summed E-state index contributed by atoms with van der Waals surface area (Å²) >= 11 is 0. The molecule has 1 N–H and O–H groups in total. The lowest BCUT2D eigenvalue weighted by Crippen LogP contribution is -2.32. The van der Waals surface area contributed by atoms with Crippen molar-refractivity contribution in [3.8, 4) is 0 Å². The highest BCUT2D eigenvalue weighted by Crippen LogP contribution is 2.38. The molecule has 0 amide bonds. The third-order valence-electron chi connectivity index (χ3n) is 3.27. The van der Waals surface area contributed by atoms with Crippen LogP contribution in [0.3, 0.4) is 0 Å². The number of hydrogen-bond donors (Lipinski definition) is 1. The lowest BCUT2D eigenvalue weighted by atomic mass is 9.71. The first kappa shape index (κ1) is 9.72. The van der Waals surface area contributed by atoms with Crippen LogP contribution in [0.4, 0.5) is 0 Å². The Hall–Kier alpha value is -0.820. The van der Waals surface area contributed by atoms with Crippen LogP contribution < -0.4 is 0 Å². The summed E-state index contributed by atoms with van der Waals surface area (Å²) in [5.41, 5.74) is 1.49. The minimum Gasteiger partial charge on any atom is -0.392 e. The highest BCUT2D eigenvalue weighted by Gasteiger charge is 2.32. The van der Waals surface area contributed by atoms with Crippen LogP contribution in [-0.2, 0) is 0 Å². The Labute approximate surface area is 85.8 Å². The summed E-state index contributed by atoms with van der Waals surface area (Å²) in [4.78, 5) is 0. The maximum atomic E-state index is 9.87. The second-order valence-corrected chi connectivity index (χ2v) is 4.53. The zero-order valence-corrected chi connectivity index (χ0v) is 8.85. The Bertz CT molecular complexity index is 296. The van der Waals surface area contributed by atoms with Crippen LogP contribution >= 0.6 is 0 Å². The second-order valence-electron chi connectivity index (χ2n) is 4.53. The zero-order chi connectivity index (χ0) is 10.1. The molecule has 2 aliphatic carbocycles. The summed E-state index contributed by atoms with van der Waals surface area (Å²) in [6.07, 6.45) is 11.4. The topological polar surface area (TPSA) is 20.2 Å². The Balaban J connectivity index is 2.29. The molecule has 0 aromatic rings. The minimum absolute atomic E-state index is 0.191. The van der Waals surface area contributed by atoms with Crippen LogP contribution in [0, 0.1) is 17.8 Å². The average molecular weight is 190 g/mol. The normalized spacial score (nSPS) is 35.7. The van der Waals surface area contributed by atoms with E-state index in [2.05, 4.69) is 38.2 Å². The molecule has 2 rings (SSSR count). The maximum absolute atomic E-state index is 9.87. The summed E-state index contributed by atoms with van der Waals surface area (Å²) in [6, 6.07) is 0. The van der Waals surface area contributed by atoms with E-state index < -0.39 is 0 Å². The van der Waals surface area contributed by atoms with Crippen molar-refractivity contribution in [3.63, 3.8) is 0 Å². The van der Waals surface area contributed by atoms with E-state index in [-0.39, 0.29) is 6.10 Å². The van der Waals surface area contributed by atoms with Gasteiger partial charge >= 0.3 is 0 Å². The fraction of sp³-hybridized carbons (Fsp3) is 0.538. The molecule has 0 saturated heterocycles. The zero-order valence-electron chi connectivity index (χ0n) is 8.85. The van der Waals surface area contributed by atoms with Crippen LogP contribution in [-0.4, -0.2) is 11.2 Å². The van der Waals surface area contributed by atoms with Crippen LogP contribution in [0.2, 0.25) is 0 Å². The van der Waals surface area contributed by atoms with Crippen molar-refractivity contribution in [2.24, 2.45) is 17.8 Å². The number of aliphatic hydroxyl groups excluding tert-OH is 1. The van der Waals surface area contributed by atoms with Crippen LogP contribution in [0.1, 0.15) is 20.3 Å². The van der Waals surface area contributed by atoms with Gasteiger partial charge in [0.05, 0.1) is 6.10 Å². The predicted molar refractivity (Wildman–Crippen MR) is 58.8 cm³/mol. The fourth-order valence-electron chi connectivity index (χ4n) is 2.50. The van der Waals surface area contributed by atoms with E-state index in [0.717, 1.165) is 6.42 Å². The van der Waals surface area contributed by atoms with Gasteiger partial charge in [-0.15, -0.1) is 0 Å². The van der Waals surface area contributed by atoms with E-state index in [1.165, 1.54) is 5.57 Å². The van der Waals surface area contributed by atoms with E-state index in [1.807, 2.05) is 6.08 Å². The molecule has 0 aromatic carbocycles. The Morgan fingerprint density at radius 1 is 1.29 bits per heavy atom. The number of hydrogen-bond acceptors (Lipinski definition) is 1. The van der Waals surface area contributed by atoms with Gasteiger partial charge in [0, 0.05) is 11.8 Å². The van der Waals surface area contributed by atoms with Gasteiger partial charge in [-0.2, -0.15) is 0 Å². The highest BCUT2D eigenvalue weighted by atomic mass is 16.3. The molecule has 0 saturated carbocycles. The maximum Gasteiger partial charge on any atom is 0.0646 e. The molecular formula is C13H18O. The van der Waals surface area contributed by atoms with Crippen molar-refractivity contribution in [3.05, 3.63) is 36.0 Å². The molecule has 14 heavy (non-hydrogen) atoms. The van der Waals surface area contributed by atoms with Gasteiger partial charge < -0.3 is 5.11 Å². The van der Waals surface area contributed by atoms with E-state index in [4.69, 9.17) is 0 Å². The summed E-state index contributed by atoms with van der Waals surface area (Å²) < 4.78 is 0. The van der Waals surface area contributed by atoms with Crippen molar-refractivity contribution in [2.45, 2.75) is 26.4 Å². The van der Waals surface area contributed by atoms with Gasteiger partial charge in [-0.05, 0) is 12.3 Å². The fourth-order valence-corrected chi connectivity index (χ4v) is 2.50. The SMILES string of the molecule is CC(C)C1=CC[C@@H](O)C2C=CC=CC12. The Morgan fingerprint density at radius 2 is 2.00 bits per heavy atom. The van der Waals surface area contributed by atoms with E-state index >= 15 is 0 Å². The van der Waals surface area contributed by atoms with E-state index in [0.29, 0.717) is 17.8 Å². The molecule has 0 aliphatic heterocycles. The molecule has 3 atom stereocenters. The molecule has 2 unspecified atom stereocenters. The van der Waals surface area contributed by atoms with E-state index in [1.54, 1.807) is 0 Å². The first-order chi connectivity index (χ1) is 6.70. The number of rotatable bonds is 1. The van der Waals surface area contributed by atoms with Crippen molar-refractivity contribution >= 4 is 0 Å². The average Bonchev–Trinajstić information content (AvgIpc) is 2.18. The second kappa shape index (κ2) is 3.74. The lowest BCUT2D eigenvalue weighted by Gasteiger charge is -2.35. The third kappa shape index (κ3) is 1.57. The first-order valence-corrected chi connectivity index (χ1v) is 5.43. The standard InChI is InChI=1S/C13H18O/c1-9(2)10-7-8-13(14)12-6-4-3-5-11(10)12/h3-7,9,11-14H,8H2,1-2H3/t11?,12?,13-/m1/s1. The molecule has 0 heterocycles. The highest BCUT2D eigenvalue weighted by molar-refractivity contribution is 5.29. The molecule has 2 aliphatic rings. The smallest absolute Gasteiger partial charge is 0.0646 e. The quantitative estimate of drug-likeness (QED) is 0.630. The number of fused-ring (bicyclic) bond motifs is 1. The van der Waals surface area contributed by atoms with Crippen molar-refractivity contribution in [1.82, 2.24) is 0 Å². The van der Waals surface area contributed by atoms with Crippen LogP contribution in [0.15, 0.2) is 36.0 Å². The Morgan fingerprint density at radius 3 is 2.71 bits per heavy atom. The van der Waals surface area contributed by atoms with Gasteiger partial charge in [0.1, 0.15) is 0 Å². The molecule has 0 radical (unpaired) electrons. The molecule has 0 aromatic heterocycles. The molecule has 0 bridgehead atoms. The molecular weight excluding hydrogens is 172 g/mol. The van der Waals surface area contributed by atoms with Gasteiger partial charge in [0.25, 0.3) is 0 Å². The van der Waals surface area contributed by atoms with Crippen LogP contribution in [0.25, 0.3) is 0 Å². The predicted octanol–water partition coefficient (Wildman–Crippen LogP) is 2.69. The molecule has 0 fully saturated rings. The molecule has 0 spiro atoms. The minimum atomic E-state index is -0.191. The molecule has 76 valence electrons. The van der Waals surface area contributed by atoms with Crippen molar-refractivity contribution in [1.29, 1.82) is 0 Å². The van der Waals surface area contributed by atoms with Gasteiger partial charge in [-0.1, -0.05) is 49.8 Å². The summed E-state index contributed by atoms with van der Waals surface area (Å²) in [6.45, 7) is 4.46. The summed E-state index contributed by atoms with van der Waals surface area (Å²) in [7, 11) is 0. The van der Waals surface area contributed by atoms with Gasteiger partial charge in [0.2, 0.25) is 0 Å². The van der Waals surface area contributed by atoms with E-state index in [9.17, 15) is 5.11 Å². The summed E-state index contributed by atoms with van der Waals surface area (Å²) in [5, 5.41) is 9.87. The van der Waals surface area contributed by atoms with Crippen LogP contribution in [0.5, 0.6) is 0 Å². The van der Waals surface area contributed by atoms with Gasteiger partial charge in [0.15, 0.2) is 0 Å². The first-order valence-electron chi connectivity index (χ1n) is 5.43. The number of aliphatic hydroxyl groups is 1. The molecule has 1 heteroatoms. The molecule has 1 nitrogen and oxygen atoms in total. The Kier molecular flexibility index (Phi) is 2.60. The monoisotopic (exact) mass is 190 g/mol. The largest absolute Gasteiger partial charge is 0.392 e. The van der Waals surface area contributed by atoms with Crippen molar-refractivity contribution in [2.75, 3.05) is 0 Å². The van der Waals surface area contributed by atoms with Crippen molar-refractivity contribution < 1.29 is 5.11 Å². The van der Waals surface area contributed by atoms with Gasteiger partial charge in [-0.25, -0.2) is 0 Å². The summed E-state index contributed by atoms with van der Waals surface area (Å²) in [5.74, 6) is 1.33. The lowest BCUT2D eigenvalue weighted by molar-refractivity contribution is 0.108. The third-order valence-corrected chi connectivity index (χ3v) is 3.27. The number of allylic oxidation sites excluding steroid dienone is 4. The van der Waals surface area contributed by atoms with Gasteiger partial charge in [-0.3, -0.25) is 0 Å².